The van der Waals surface area contributed by atoms with Crippen molar-refractivity contribution in [1.82, 2.24) is 4.98 Å². The second-order valence-electron chi connectivity index (χ2n) is 5.92. The number of aromatic nitrogens is 1. The summed E-state index contributed by atoms with van der Waals surface area (Å²) in [7, 11) is 0. The lowest BCUT2D eigenvalue weighted by molar-refractivity contribution is -0.149. The molecule has 1 aromatic carbocycles. The minimum atomic E-state index is -0.967. The van der Waals surface area contributed by atoms with Gasteiger partial charge in [0.25, 0.3) is 5.89 Å². The van der Waals surface area contributed by atoms with Gasteiger partial charge >= 0.3 is 5.97 Å². The maximum atomic E-state index is 11.2. The molecule has 2 heterocycles. The Kier molecular flexibility index (Phi) is 5.93. The van der Waals surface area contributed by atoms with Crippen LogP contribution in [0.3, 0.4) is 0 Å². The summed E-state index contributed by atoms with van der Waals surface area (Å²) in [6, 6.07) is 10.8. The number of aliphatic carboxylic acids is 1. The van der Waals surface area contributed by atoms with Crippen LogP contribution in [0.25, 0.3) is 11.7 Å². The van der Waals surface area contributed by atoms with Gasteiger partial charge in [-0.1, -0.05) is 12.1 Å². The number of furan rings is 1. The molecule has 1 N–H and O–H groups in total. The molecule has 0 amide bonds. The number of hydrogen-bond acceptors (Lipinski definition) is 6. The highest BCUT2D eigenvalue weighted by molar-refractivity contribution is 5.72. The fraction of sp³-hybridized carbons (Fsp3) is 0.300. The van der Waals surface area contributed by atoms with Crippen LogP contribution in [-0.2, 0) is 22.6 Å². The van der Waals surface area contributed by atoms with Crippen LogP contribution >= 0.6 is 0 Å². The average molecular weight is 371 g/mol. The zero-order valence-corrected chi connectivity index (χ0v) is 15.2. The lowest BCUT2D eigenvalue weighted by Gasteiger charge is -2.12. The summed E-state index contributed by atoms with van der Waals surface area (Å²) in [6.07, 6.45) is 1.02. The average Bonchev–Trinajstić information content (AvgIpc) is 3.30. The van der Waals surface area contributed by atoms with Crippen molar-refractivity contribution in [2.75, 3.05) is 6.61 Å². The van der Waals surface area contributed by atoms with E-state index in [-0.39, 0.29) is 6.61 Å². The molecule has 0 aliphatic heterocycles. The highest BCUT2D eigenvalue weighted by atomic mass is 16.5. The molecule has 1 atom stereocenters. The van der Waals surface area contributed by atoms with Crippen LogP contribution in [0.5, 0.6) is 5.75 Å². The van der Waals surface area contributed by atoms with Crippen LogP contribution in [0.15, 0.2) is 51.5 Å². The number of hydrogen-bond donors (Lipinski definition) is 1. The summed E-state index contributed by atoms with van der Waals surface area (Å²) >= 11 is 0. The molecular weight excluding hydrogens is 350 g/mol. The third-order valence-corrected chi connectivity index (χ3v) is 3.99. The van der Waals surface area contributed by atoms with E-state index in [2.05, 4.69) is 4.98 Å². The van der Waals surface area contributed by atoms with Gasteiger partial charge < -0.3 is 23.4 Å². The molecule has 0 bridgehead atoms. The Balaban J connectivity index is 1.60. The van der Waals surface area contributed by atoms with E-state index in [1.54, 1.807) is 37.5 Å². The van der Waals surface area contributed by atoms with E-state index >= 15 is 0 Å². The van der Waals surface area contributed by atoms with E-state index in [1.165, 1.54) is 0 Å². The Morgan fingerprint density at radius 1 is 1.26 bits per heavy atom. The third-order valence-electron chi connectivity index (χ3n) is 3.99. The number of nitrogens with zero attached hydrogens (tertiary/aromatic N) is 1. The highest BCUT2D eigenvalue weighted by Crippen LogP contribution is 2.23. The Morgan fingerprint density at radius 2 is 2.04 bits per heavy atom. The van der Waals surface area contributed by atoms with Crippen LogP contribution in [0.1, 0.15) is 23.9 Å². The fourth-order valence-electron chi connectivity index (χ4n) is 2.57. The van der Waals surface area contributed by atoms with Gasteiger partial charge in [0.2, 0.25) is 0 Å². The van der Waals surface area contributed by atoms with Gasteiger partial charge in [-0.3, -0.25) is 0 Å². The molecule has 0 radical (unpaired) electrons. The summed E-state index contributed by atoms with van der Waals surface area (Å²) in [5, 5.41) is 9.15. The molecule has 7 heteroatoms. The van der Waals surface area contributed by atoms with E-state index in [4.69, 9.17) is 23.4 Å². The summed E-state index contributed by atoms with van der Waals surface area (Å²) in [4.78, 5) is 15.6. The van der Waals surface area contributed by atoms with E-state index in [1.807, 2.05) is 19.1 Å². The van der Waals surface area contributed by atoms with Crippen molar-refractivity contribution in [3.05, 3.63) is 59.7 Å². The first-order chi connectivity index (χ1) is 13.1. The second kappa shape index (κ2) is 8.55. The Labute approximate surface area is 156 Å². The summed E-state index contributed by atoms with van der Waals surface area (Å²) < 4.78 is 21.9. The van der Waals surface area contributed by atoms with Gasteiger partial charge in [-0.25, -0.2) is 9.78 Å². The smallest absolute Gasteiger partial charge is 0.333 e. The molecule has 3 aromatic rings. The number of aryl methyl sites for hydroxylation is 1. The third kappa shape index (κ3) is 4.77. The van der Waals surface area contributed by atoms with Gasteiger partial charge in [0.1, 0.15) is 23.8 Å². The Hall–Kier alpha value is -3.06. The number of ether oxygens (including phenoxy) is 2. The number of carboxylic acids is 1. The summed E-state index contributed by atoms with van der Waals surface area (Å²) in [5.74, 6) is 1.34. The van der Waals surface area contributed by atoms with Crippen LogP contribution in [0.4, 0.5) is 0 Å². The SMILES string of the molecule is CCO[C@@H](Cc1ccc(OCc2nc(-c3ccco3)oc2C)cc1)C(=O)O. The van der Waals surface area contributed by atoms with E-state index < -0.39 is 12.1 Å². The largest absolute Gasteiger partial charge is 0.487 e. The zero-order chi connectivity index (χ0) is 19.2. The first-order valence-electron chi connectivity index (χ1n) is 8.63. The standard InChI is InChI=1S/C20H21NO6/c1-3-24-18(20(22)23)11-14-6-8-15(9-7-14)26-12-16-13(2)27-19(21-16)17-5-4-10-25-17/h4-10,18H,3,11-12H2,1-2H3,(H,22,23)/t18-/m0/s1. The lowest BCUT2D eigenvalue weighted by atomic mass is 10.1. The van der Waals surface area contributed by atoms with Gasteiger partial charge in [-0.05, 0) is 43.7 Å². The predicted molar refractivity (Wildman–Crippen MR) is 96.5 cm³/mol. The van der Waals surface area contributed by atoms with Crippen molar-refractivity contribution in [1.29, 1.82) is 0 Å². The van der Waals surface area contributed by atoms with Crippen LogP contribution in [0.2, 0.25) is 0 Å². The first-order valence-corrected chi connectivity index (χ1v) is 8.63. The molecule has 7 nitrogen and oxygen atoms in total. The minimum absolute atomic E-state index is 0.256. The lowest BCUT2D eigenvalue weighted by Crippen LogP contribution is -2.26. The van der Waals surface area contributed by atoms with E-state index in [0.29, 0.717) is 41.9 Å². The minimum Gasteiger partial charge on any atom is -0.487 e. The number of carboxylic acid groups (broad SMARTS) is 1. The molecule has 0 fully saturated rings. The zero-order valence-electron chi connectivity index (χ0n) is 15.2. The molecule has 0 aliphatic rings. The molecule has 0 unspecified atom stereocenters. The predicted octanol–water partition coefficient (Wildman–Crippen LogP) is 3.85. The molecule has 142 valence electrons. The topological polar surface area (TPSA) is 94.9 Å². The van der Waals surface area contributed by atoms with Gasteiger partial charge in [0.15, 0.2) is 11.9 Å². The molecule has 0 saturated heterocycles. The second-order valence-corrected chi connectivity index (χ2v) is 5.92. The first kappa shape index (κ1) is 18.7. The van der Waals surface area contributed by atoms with Crippen molar-refractivity contribution in [2.24, 2.45) is 0 Å². The molecule has 3 rings (SSSR count). The van der Waals surface area contributed by atoms with Gasteiger partial charge in [0.05, 0.1) is 6.26 Å². The number of oxazole rings is 1. The number of benzene rings is 1. The fourth-order valence-corrected chi connectivity index (χ4v) is 2.57. The number of rotatable bonds is 9. The maximum absolute atomic E-state index is 11.2. The van der Waals surface area contributed by atoms with E-state index in [0.717, 1.165) is 5.56 Å². The van der Waals surface area contributed by atoms with Crippen molar-refractivity contribution in [2.45, 2.75) is 33.0 Å². The Morgan fingerprint density at radius 3 is 2.67 bits per heavy atom. The summed E-state index contributed by atoms with van der Waals surface area (Å²) in [6.45, 7) is 4.21. The Bertz CT molecular complexity index is 867. The van der Waals surface area contributed by atoms with Crippen molar-refractivity contribution in [3.8, 4) is 17.4 Å². The van der Waals surface area contributed by atoms with Crippen LogP contribution in [-0.4, -0.2) is 28.8 Å². The normalized spacial score (nSPS) is 12.1. The maximum Gasteiger partial charge on any atom is 0.333 e. The van der Waals surface area contributed by atoms with Crippen molar-refractivity contribution in [3.63, 3.8) is 0 Å². The van der Waals surface area contributed by atoms with Crippen LogP contribution in [0, 0.1) is 6.92 Å². The molecule has 0 saturated carbocycles. The summed E-state index contributed by atoms with van der Waals surface area (Å²) in [5.41, 5.74) is 1.55. The van der Waals surface area contributed by atoms with Gasteiger partial charge in [-0.2, -0.15) is 0 Å². The van der Waals surface area contributed by atoms with Gasteiger partial charge in [-0.15, -0.1) is 0 Å². The number of carbonyl (C=O) groups is 1. The van der Waals surface area contributed by atoms with Gasteiger partial charge in [0, 0.05) is 13.0 Å². The quantitative estimate of drug-likeness (QED) is 0.610. The van der Waals surface area contributed by atoms with Crippen molar-refractivity contribution < 1.29 is 28.2 Å². The van der Waals surface area contributed by atoms with E-state index in [9.17, 15) is 4.79 Å². The monoisotopic (exact) mass is 371 g/mol. The van der Waals surface area contributed by atoms with Crippen molar-refractivity contribution >= 4 is 5.97 Å². The molecule has 0 aliphatic carbocycles. The molecular formula is C20H21NO6. The highest BCUT2D eigenvalue weighted by Gasteiger charge is 2.18. The molecule has 27 heavy (non-hydrogen) atoms. The van der Waals surface area contributed by atoms with Crippen LogP contribution < -0.4 is 4.74 Å². The molecule has 0 spiro atoms. The molecule has 2 aromatic heterocycles.